The maximum absolute atomic E-state index is 12.7. The Kier molecular flexibility index (Phi) is 5.17. The summed E-state index contributed by atoms with van der Waals surface area (Å²) < 4.78 is 12.7. The van der Waals surface area contributed by atoms with Crippen LogP contribution in [0.1, 0.15) is 5.56 Å². The first kappa shape index (κ1) is 13.1. The monoisotopic (exact) mass is 262 g/mol. The highest BCUT2D eigenvalue weighted by Crippen LogP contribution is 2.17. The van der Waals surface area contributed by atoms with Crippen molar-refractivity contribution in [2.45, 2.75) is 11.4 Å². The second-order valence-corrected chi connectivity index (χ2v) is 5.01. The number of halogens is 1. The summed E-state index contributed by atoms with van der Waals surface area (Å²) in [6.07, 6.45) is 3.63. The molecule has 0 bridgehead atoms. The SMILES string of the molecule is Fc1ccc(SCCNCc2cccnc2)cc1. The molecule has 0 fully saturated rings. The lowest BCUT2D eigenvalue weighted by Gasteiger charge is -2.04. The lowest BCUT2D eigenvalue weighted by atomic mass is 10.3. The minimum Gasteiger partial charge on any atom is -0.312 e. The molecule has 4 heteroatoms. The standard InChI is InChI=1S/C14H15FN2S/c15-13-3-5-14(6-4-13)18-9-8-17-11-12-2-1-7-16-10-12/h1-7,10,17H,8-9,11H2. The molecule has 0 aliphatic heterocycles. The minimum absolute atomic E-state index is 0.186. The summed E-state index contributed by atoms with van der Waals surface area (Å²) in [6, 6.07) is 10.6. The molecule has 0 saturated carbocycles. The molecule has 0 spiro atoms. The van der Waals surface area contributed by atoms with E-state index in [9.17, 15) is 4.39 Å². The predicted molar refractivity (Wildman–Crippen MR) is 73.1 cm³/mol. The molecule has 1 aromatic carbocycles. The zero-order valence-corrected chi connectivity index (χ0v) is 10.8. The minimum atomic E-state index is -0.186. The van der Waals surface area contributed by atoms with Gasteiger partial charge in [0.05, 0.1) is 0 Å². The second kappa shape index (κ2) is 7.13. The Labute approximate surface area is 111 Å². The van der Waals surface area contributed by atoms with E-state index in [2.05, 4.69) is 10.3 Å². The van der Waals surface area contributed by atoms with Crippen LogP contribution in [0.15, 0.2) is 53.7 Å². The second-order valence-electron chi connectivity index (χ2n) is 3.84. The van der Waals surface area contributed by atoms with Gasteiger partial charge in [0.2, 0.25) is 0 Å². The van der Waals surface area contributed by atoms with Gasteiger partial charge in [0, 0.05) is 36.1 Å². The van der Waals surface area contributed by atoms with Crippen molar-refractivity contribution in [3.63, 3.8) is 0 Å². The number of hydrogen-bond donors (Lipinski definition) is 1. The number of benzene rings is 1. The van der Waals surface area contributed by atoms with Gasteiger partial charge in [-0.05, 0) is 35.9 Å². The average molecular weight is 262 g/mol. The van der Waals surface area contributed by atoms with Gasteiger partial charge in [-0.2, -0.15) is 0 Å². The molecule has 2 nitrogen and oxygen atoms in total. The number of rotatable bonds is 6. The Morgan fingerprint density at radius 3 is 2.72 bits per heavy atom. The van der Waals surface area contributed by atoms with Gasteiger partial charge in [-0.1, -0.05) is 6.07 Å². The molecule has 0 atom stereocenters. The van der Waals surface area contributed by atoms with E-state index in [1.54, 1.807) is 30.1 Å². The van der Waals surface area contributed by atoms with E-state index in [0.29, 0.717) is 0 Å². The largest absolute Gasteiger partial charge is 0.312 e. The molecule has 0 aliphatic carbocycles. The maximum atomic E-state index is 12.7. The molecular weight excluding hydrogens is 247 g/mol. The lowest BCUT2D eigenvalue weighted by molar-refractivity contribution is 0.626. The van der Waals surface area contributed by atoms with Crippen molar-refractivity contribution in [1.82, 2.24) is 10.3 Å². The van der Waals surface area contributed by atoms with E-state index in [4.69, 9.17) is 0 Å². The highest BCUT2D eigenvalue weighted by atomic mass is 32.2. The first-order valence-electron chi connectivity index (χ1n) is 5.82. The predicted octanol–water partition coefficient (Wildman–Crippen LogP) is 3.10. The maximum Gasteiger partial charge on any atom is 0.123 e. The average Bonchev–Trinajstić information content (AvgIpc) is 2.42. The van der Waals surface area contributed by atoms with E-state index in [0.717, 1.165) is 23.7 Å². The highest BCUT2D eigenvalue weighted by molar-refractivity contribution is 7.99. The summed E-state index contributed by atoms with van der Waals surface area (Å²) in [5.74, 6) is 0.778. The quantitative estimate of drug-likeness (QED) is 0.639. The van der Waals surface area contributed by atoms with Gasteiger partial charge in [-0.3, -0.25) is 4.98 Å². The third-order valence-electron chi connectivity index (χ3n) is 2.41. The van der Waals surface area contributed by atoms with Crippen LogP contribution in [0.4, 0.5) is 4.39 Å². The fourth-order valence-corrected chi connectivity index (χ4v) is 2.32. The third kappa shape index (κ3) is 4.47. The van der Waals surface area contributed by atoms with Crippen molar-refractivity contribution < 1.29 is 4.39 Å². The van der Waals surface area contributed by atoms with Crippen LogP contribution >= 0.6 is 11.8 Å². The zero-order chi connectivity index (χ0) is 12.6. The molecule has 94 valence electrons. The first-order chi connectivity index (χ1) is 8.84. The summed E-state index contributed by atoms with van der Waals surface area (Å²) in [5, 5.41) is 3.35. The topological polar surface area (TPSA) is 24.9 Å². The van der Waals surface area contributed by atoms with Crippen molar-refractivity contribution in [3.8, 4) is 0 Å². The zero-order valence-electron chi connectivity index (χ0n) is 9.97. The van der Waals surface area contributed by atoms with Crippen LogP contribution in [0.3, 0.4) is 0 Å². The summed E-state index contributed by atoms with van der Waals surface area (Å²) in [5.41, 5.74) is 1.18. The Morgan fingerprint density at radius 1 is 1.17 bits per heavy atom. The van der Waals surface area contributed by atoms with Crippen molar-refractivity contribution in [2.24, 2.45) is 0 Å². The normalized spacial score (nSPS) is 10.5. The molecule has 2 rings (SSSR count). The van der Waals surface area contributed by atoms with E-state index in [-0.39, 0.29) is 5.82 Å². The Hall–Kier alpha value is -1.39. The smallest absolute Gasteiger partial charge is 0.123 e. The summed E-state index contributed by atoms with van der Waals surface area (Å²) in [4.78, 5) is 5.16. The molecule has 0 saturated heterocycles. The van der Waals surface area contributed by atoms with Crippen molar-refractivity contribution in [3.05, 3.63) is 60.2 Å². The Morgan fingerprint density at radius 2 is 2.00 bits per heavy atom. The van der Waals surface area contributed by atoms with Crippen LogP contribution in [0.2, 0.25) is 0 Å². The van der Waals surface area contributed by atoms with Crippen LogP contribution in [0, 0.1) is 5.82 Å². The molecule has 1 heterocycles. The number of nitrogens with one attached hydrogen (secondary N) is 1. The van der Waals surface area contributed by atoms with Crippen LogP contribution in [0.5, 0.6) is 0 Å². The summed E-state index contributed by atoms with van der Waals surface area (Å²) >= 11 is 1.72. The fraction of sp³-hybridized carbons (Fsp3) is 0.214. The van der Waals surface area contributed by atoms with Gasteiger partial charge in [0.25, 0.3) is 0 Å². The molecule has 2 aromatic rings. The van der Waals surface area contributed by atoms with Gasteiger partial charge in [0.15, 0.2) is 0 Å². The van der Waals surface area contributed by atoms with Gasteiger partial charge in [0.1, 0.15) is 5.82 Å². The number of aromatic nitrogens is 1. The Bertz CT molecular complexity index is 459. The fourth-order valence-electron chi connectivity index (χ4n) is 1.51. The van der Waals surface area contributed by atoms with Crippen LogP contribution in [-0.4, -0.2) is 17.3 Å². The van der Waals surface area contributed by atoms with Crippen LogP contribution < -0.4 is 5.32 Å². The number of pyridine rings is 1. The highest BCUT2D eigenvalue weighted by Gasteiger charge is 1.95. The van der Waals surface area contributed by atoms with Gasteiger partial charge >= 0.3 is 0 Å². The van der Waals surface area contributed by atoms with Gasteiger partial charge in [-0.25, -0.2) is 4.39 Å². The van der Waals surface area contributed by atoms with E-state index in [1.165, 1.54) is 17.7 Å². The van der Waals surface area contributed by atoms with Gasteiger partial charge < -0.3 is 5.32 Å². The Balaban J connectivity index is 1.63. The third-order valence-corrected chi connectivity index (χ3v) is 3.43. The molecule has 0 radical (unpaired) electrons. The number of nitrogens with zero attached hydrogens (tertiary/aromatic N) is 1. The molecule has 1 aromatic heterocycles. The number of thioether (sulfide) groups is 1. The molecule has 1 N–H and O–H groups in total. The molecule has 18 heavy (non-hydrogen) atoms. The van der Waals surface area contributed by atoms with Crippen molar-refractivity contribution in [2.75, 3.05) is 12.3 Å². The lowest BCUT2D eigenvalue weighted by Crippen LogP contribution is -2.16. The molecule has 0 amide bonds. The van der Waals surface area contributed by atoms with Crippen LogP contribution in [-0.2, 0) is 6.54 Å². The van der Waals surface area contributed by atoms with E-state index < -0.39 is 0 Å². The van der Waals surface area contributed by atoms with Crippen LogP contribution in [0.25, 0.3) is 0 Å². The summed E-state index contributed by atoms with van der Waals surface area (Å²) in [6.45, 7) is 1.74. The van der Waals surface area contributed by atoms with Gasteiger partial charge in [-0.15, -0.1) is 11.8 Å². The van der Waals surface area contributed by atoms with E-state index >= 15 is 0 Å². The number of hydrogen-bond acceptors (Lipinski definition) is 3. The first-order valence-corrected chi connectivity index (χ1v) is 6.81. The van der Waals surface area contributed by atoms with Crippen molar-refractivity contribution in [1.29, 1.82) is 0 Å². The van der Waals surface area contributed by atoms with Crippen molar-refractivity contribution >= 4 is 11.8 Å². The van der Waals surface area contributed by atoms with E-state index in [1.807, 2.05) is 18.3 Å². The molecule has 0 aliphatic rings. The molecule has 0 unspecified atom stereocenters. The summed E-state index contributed by atoms with van der Waals surface area (Å²) in [7, 11) is 0. The molecular formula is C14H15FN2S.